The number of aromatic amines is 1. The van der Waals surface area contributed by atoms with E-state index in [1.54, 1.807) is 6.20 Å². The van der Waals surface area contributed by atoms with Crippen LogP contribution in [0.4, 0.5) is 10.1 Å². The summed E-state index contributed by atoms with van der Waals surface area (Å²) in [5.41, 5.74) is 0.676. The van der Waals surface area contributed by atoms with Gasteiger partial charge < -0.3 is 10.3 Å². The van der Waals surface area contributed by atoms with Crippen LogP contribution in [0.15, 0.2) is 24.4 Å². The van der Waals surface area contributed by atoms with E-state index >= 15 is 0 Å². The molecule has 0 atom stereocenters. The van der Waals surface area contributed by atoms with Gasteiger partial charge in [-0.15, -0.1) is 0 Å². The van der Waals surface area contributed by atoms with Crippen molar-refractivity contribution in [2.24, 2.45) is 0 Å². The van der Waals surface area contributed by atoms with Gasteiger partial charge in [0.05, 0.1) is 16.8 Å². The summed E-state index contributed by atoms with van der Waals surface area (Å²) in [4.78, 5) is 17.4. The first kappa shape index (κ1) is 13.7. The number of imidazole rings is 1. The van der Waals surface area contributed by atoms with Crippen molar-refractivity contribution in [3.8, 4) is 11.3 Å². The third-order valence-corrected chi connectivity index (χ3v) is 3.45. The van der Waals surface area contributed by atoms with Gasteiger partial charge in [0, 0.05) is 30.6 Å². The summed E-state index contributed by atoms with van der Waals surface area (Å²) in [5.74, 6) is -0.0257. The van der Waals surface area contributed by atoms with Gasteiger partial charge in [0.15, 0.2) is 0 Å². The van der Waals surface area contributed by atoms with Crippen LogP contribution >= 0.6 is 0 Å². The van der Waals surface area contributed by atoms with Crippen molar-refractivity contribution in [2.45, 2.75) is 25.3 Å². The van der Waals surface area contributed by atoms with Crippen molar-refractivity contribution in [2.75, 3.05) is 6.54 Å². The highest BCUT2D eigenvalue weighted by Crippen LogP contribution is 2.25. The summed E-state index contributed by atoms with van der Waals surface area (Å²) >= 11 is 0. The van der Waals surface area contributed by atoms with E-state index in [4.69, 9.17) is 0 Å². The van der Waals surface area contributed by atoms with Gasteiger partial charge in [-0.05, 0) is 25.0 Å². The summed E-state index contributed by atoms with van der Waals surface area (Å²) in [7, 11) is 0. The first-order valence-corrected chi connectivity index (χ1v) is 6.85. The standard InChI is InChI=1S/C14H15FN4O2/c15-11-4-1-9(7-13(11)19(20)21)12-8-17-14(18-12)5-6-16-10-2-3-10/h1,4,7-8,10,16H,2-3,5-6H2,(H,17,18). The maximum absolute atomic E-state index is 13.3. The van der Waals surface area contributed by atoms with E-state index < -0.39 is 16.4 Å². The van der Waals surface area contributed by atoms with Gasteiger partial charge in [-0.1, -0.05) is 0 Å². The lowest BCUT2D eigenvalue weighted by Crippen LogP contribution is -2.19. The molecular formula is C14H15FN4O2. The van der Waals surface area contributed by atoms with E-state index in [0.29, 0.717) is 17.3 Å². The van der Waals surface area contributed by atoms with Gasteiger partial charge in [-0.25, -0.2) is 4.98 Å². The lowest BCUT2D eigenvalue weighted by molar-refractivity contribution is -0.387. The number of halogens is 1. The number of nitrogens with zero attached hydrogens (tertiary/aromatic N) is 2. The zero-order valence-corrected chi connectivity index (χ0v) is 11.3. The van der Waals surface area contributed by atoms with Crippen LogP contribution in [-0.2, 0) is 6.42 Å². The molecule has 7 heteroatoms. The fourth-order valence-corrected chi connectivity index (χ4v) is 2.14. The summed E-state index contributed by atoms with van der Waals surface area (Å²) in [6, 6.07) is 4.47. The third kappa shape index (κ3) is 3.25. The van der Waals surface area contributed by atoms with Crippen molar-refractivity contribution in [3.05, 3.63) is 46.2 Å². The Hall–Kier alpha value is -2.28. The molecule has 1 heterocycles. The molecule has 0 radical (unpaired) electrons. The lowest BCUT2D eigenvalue weighted by atomic mass is 10.1. The summed E-state index contributed by atoms with van der Waals surface area (Å²) in [5, 5.41) is 14.1. The van der Waals surface area contributed by atoms with Gasteiger partial charge >= 0.3 is 5.69 Å². The number of hydrogen-bond donors (Lipinski definition) is 2. The molecule has 1 fully saturated rings. The first-order chi connectivity index (χ1) is 10.1. The van der Waals surface area contributed by atoms with E-state index in [1.165, 1.54) is 25.0 Å². The Morgan fingerprint density at radius 1 is 1.48 bits per heavy atom. The van der Waals surface area contributed by atoms with Gasteiger partial charge in [0.2, 0.25) is 5.82 Å². The minimum absolute atomic E-state index is 0.529. The molecule has 6 nitrogen and oxygen atoms in total. The predicted octanol–water partition coefficient (Wildman–Crippen LogP) is 2.42. The molecule has 3 rings (SSSR count). The number of nitro benzene ring substituents is 1. The fraction of sp³-hybridized carbons (Fsp3) is 0.357. The minimum Gasteiger partial charge on any atom is -0.342 e. The Morgan fingerprint density at radius 2 is 2.29 bits per heavy atom. The van der Waals surface area contributed by atoms with E-state index in [-0.39, 0.29) is 0 Å². The molecule has 0 bridgehead atoms. The number of aromatic nitrogens is 2. The number of nitrogens with one attached hydrogen (secondary N) is 2. The molecular weight excluding hydrogens is 275 g/mol. The molecule has 1 saturated carbocycles. The monoisotopic (exact) mass is 290 g/mol. The summed E-state index contributed by atoms with van der Waals surface area (Å²) < 4.78 is 13.3. The molecule has 110 valence electrons. The largest absolute Gasteiger partial charge is 0.342 e. The Balaban J connectivity index is 1.72. The number of H-pyrrole nitrogens is 1. The van der Waals surface area contributed by atoms with Crippen LogP contribution in [0.3, 0.4) is 0 Å². The molecule has 2 aromatic rings. The zero-order chi connectivity index (χ0) is 14.8. The fourth-order valence-electron chi connectivity index (χ4n) is 2.14. The van der Waals surface area contributed by atoms with Crippen LogP contribution in [0.25, 0.3) is 11.3 Å². The molecule has 0 saturated heterocycles. The molecule has 0 unspecified atom stereocenters. The molecule has 1 aromatic carbocycles. The van der Waals surface area contributed by atoms with E-state index in [2.05, 4.69) is 15.3 Å². The topological polar surface area (TPSA) is 83.8 Å². The maximum atomic E-state index is 13.3. The van der Waals surface area contributed by atoms with Crippen LogP contribution in [0.1, 0.15) is 18.7 Å². The first-order valence-electron chi connectivity index (χ1n) is 6.85. The maximum Gasteiger partial charge on any atom is 0.305 e. The van der Waals surface area contributed by atoms with Crippen molar-refractivity contribution in [3.63, 3.8) is 0 Å². The number of hydrogen-bond acceptors (Lipinski definition) is 4. The second kappa shape index (κ2) is 5.61. The summed E-state index contributed by atoms with van der Waals surface area (Å²) in [6.07, 6.45) is 4.86. The average molecular weight is 290 g/mol. The van der Waals surface area contributed by atoms with Crippen LogP contribution in [0.2, 0.25) is 0 Å². The quantitative estimate of drug-likeness (QED) is 0.632. The van der Waals surface area contributed by atoms with Crippen molar-refractivity contribution in [1.29, 1.82) is 0 Å². The predicted molar refractivity (Wildman–Crippen MR) is 75.4 cm³/mol. The number of rotatable bonds is 6. The highest BCUT2D eigenvalue weighted by atomic mass is 19.1. The average Bonchev–Trinajstić information content (AvgIpc) is 3.16. The molecule has 0 spiro atoms. The van der Waals surface area contributed by atoms with Crippen LogP contribution in [0, 0.1) is 15.9 Å². The molecule has 21 heavy (non-hydrogen) atoms. The highest BCUT2D eigenvalue weighted by Gasteiger charge is 2.20. The van der Waals surface area contributed by atoms with Crippen molar-refractivity contribution in [1.82, 2.24) is 15.3 Å². The lowest BCUT2D eigenvalue weighted by Gasteiger charge is -2.00. The second-order valence-corrected chi connectivity index (χ2v) is 5.15. The Labute approximate surface area is 120 Å². The van der Waals surface area contributed by atoms with Crippen molar-refractivity contribution >= 4 is 5.69 Å². The molecule has 2 N–H and O–H groups in total. The Kier molecular flexibility index (Phi) is 3.66. The second-order valence-electron chi connectivity index (χ2n) is 5.15. The highest BCUT2D eigenvalue weighted by molar-refractivity contribution is 5.62. The number of benzene rings is 1. The Bertz CT molecular complexity index is 667. The normalized spacial score (nSPS) is 14.3. The van der Waals surface area contributed by atoms with E-state index in [0.717, 1.165) is 24.9 Å². The van der Waals surface area contributed by atoms with Crippen LogP contribution in [-0.4, -0.2) is 27.5 Å². The molecule has 1 aliphatic carbocycles. The minimum atomic E-state index is -0.836. The van der Waals surface area contributed by atoms with Gasteiger partial charge in [0.25, 0.3) is 0 Å². The SMILES string of the molecule is O=[N+]([O-])c1cc(-c2cnc(CCNC3CC3)[nH]2)ccc1F. The summed E-state index contributed by atoms with van der Waals surface area (Å²) in [6.45, 7) is 0.848. The molecule has 1 aromatic heterocycles. The van der Waals surface area contributed by atoms with Crippen molar-refractivity contribution < 1.29 is 9.31 Å². The number of nitro groups is 1. The smallest absolute Gasteiger partial charge is 0.305 e. The Morgan fingerprint density at radius 3 is 3.00 bits per heavy atom. The van der Waals surface area contributed by atoms with Crippen LogP contribution in [0.5, 0.6) is 0 Å². The van der Waals surface area contributed by atoms with Gasteiger partial charge in [-0.2, -0.15) is 4.39 Å². The molecule has 0 aliphatic heterocycles. The zero-order valence-electron chi connectivity index (χ0n) is 11.3. The van der Waals surface area contributed by atoms with E-state index in [9.17, 15) is 14.5 Å². The van der Waals surface area contributed by atoms with E-state index in [1.807, 2.05) is 0 Å². The molecule has 1 aliphatic rings. The third-order valence-electron chi connectivity index (χ3n) is 3.45. The molecule has 0 amide bonds. The van der Waals surface area contributed by atoms with Gasteiger partial charge in [0.1, 0.15) is 5.82 Å². The van der Waals surface area contributed by atoms with Gasteiger partial charge in [-0.3, -0.25) is 10.1 Å². The van der Waals surface area contributed by atoms with Crippen LogP contribution < -0.4 is 5.32 Å².